The first-order valence-electron chi connectivity index (χ1n) is 5.78. The fraction of sp³-hybridized carbons (Fsp3) is 0.308. The molecule has 0 unspecified atom stereocenters. The molecule has 0 bridgehead atoms. The molecule has 1 rings (SSSR count). The second kappa shape index (κ2) is 7.13. The fourth-order valence-electron chi connectivity index (χ4n) is 1.54. The Morgan fingerprint density at radius 2 is 2.11 bits per heavy atom. The third-order valence-electron chi connectivity index (χ3n) is 2.47. The molecular formula is C13H16N4O2. The minimum atomic E-state index is -0.433. The van der Waals surface area contributed by atoms with Crippen molar-refractivity contribution in [1.82, 2.24) is 4.90 Å². The molecule has 0 radical (unpaired) electrons. The van der Waals surface area contributed by atoms with Gasteiger partial charge in [0, 0.05) is 13.0 Å². The number of hydrogen-bond acceptors (Lipinski definition) is 4. The summed E-state index contributed by atoms with van der Waals surface area (Å²) in [5.74, 6) is -0.642. The summed E-state index contributed by atoms with van der Waals surface area (Å²) in [6.45, 7) is 0.533. The van der Waals surface area contributed by atoms with Crippen molar-refractivity contribution >= 4 is 17.5 Å². The molecule has 3 N–H and O–H groups in total. The van der Waals surface area contributed by atoms with Gasteiger partial charge in [0.2, 0.25) is 11.8 Å². The van der Waals surface area contributed by atoms with Crippen molar-refractivity contribution in [3.8, 4) is 6.07 Å². The summed E-state index contributed by atoms with van der Waals surface area (Å²) in [7, 11) is 1.71. The van der Waals surface area contributed by atoms with E-state index in [0.717, 1.165) is 0 Å². The molecule has 6 nitrogen and oxygen atoms in total. The lowest BCUT2D eigenvalue weighted by Gasteiger charge is -2.14. The van der Waals surface area contributed by atoms with Gasteiger partial charge in [-0.25, -0.2) is 0 Å². The number of carbonyl (C=O) groups excluding carboxylic acids is 2. The van der Waals surface area contributed by atoms with Crippen LogP contribution in [0.3, 0.4) is 0 Å². The summed E-state index contributed by atoms with van der Waals surface area (Å²) in [5.41, 5.74) is 5.96. The molecule has 0 aliphatic rings. The van der Waals surface area contributed by atoms with Crippen LogP contribution in [0.2, 0.25) is 0 Å². The molecule has 0 fully saturated rings. The summed E-state index contributed by atoms with van der Waals surface area (Å²) in [4.78, 5) is 24.0. The van der Waals surface area contributed by atoms with Crippen LogP contribution in [0.15, 0.2) is 24.3 Å². The van der Waals surface area contributed by atoms with Crippen LogP contribution in [0.1, 0.15) is 12.0 Å². The summed E-state index contributed by atoms with van der Waals surface area (Å²) >= 11 is 0. The quantitative estimate of drug-likeness (QED) is 0.768. The van der Waals surface area contributed by atoms with Gasteiger partial charge in [-0.15, -0.1) is 0 Å². The van der Waals surface area contributed by atoms with Gasteiger partial charge in [-0.1, -0.05) is 12.1 Å². The Kier molecular flexibility index (Phi) is 5.51. The summed E-state index contributed by atoms with van der Waals surface area (Å²) in [5, 5.41) is 11.6. The number of rotatable bonds is 6. The molecule has 0 saturated carbocycles. The molecule has 0 saturated heterocycles. The van der Waals surface area contributed by atoms with E-state index in [9.17, 15) is 9.59 Å². The van der Waals surface area contributed by atoms with Gasteiger partial charge < -0.3 is 11.1 Å². The van der Waals surface area contributed by atoms with Gasteiger partial charge in [0.1, 0.15) is 6.07 Å². The van der Waals surface area contributed by atoms with Crippen molar-refractivity contribution in [2.45, 2.75) is 6.42 Å². The highest BCUT2D eigenvalue weighted by atomic mass is 16.2. The number of amides is 2. The number of nitrogens with zero attached hydrogens (tertiary/aromatic N) is 2. The first-order chi connectivity index (χ1) is 9.02. The average Bonchev–Trinajstić information content (AvgIpc) is 2.36. The maximum atomic E-state index is 11.7. The Morgan fingerprint density at radius 1 is 1.42 bits per heavy atom. The number of benzene rings is 1. The molecule has 0 aliphatic heterocycles. The van der Waals surface area contributed by atoms with Crippen LogP contribution in [-0.2, 0) is 9.59 Å². The van der Waals surface area contributed by atoms with E-state index in [1.165, 1.54) is 0 Å². The monoisotopic (exact) mass is 260 g/mol. The van der Waals surface area contributed by atoms with Gasteiger partial charge in [0.15, 0.2) is 0 Å². The van der Waals surface area contributed by atoms with Crippen LogP contribution in [0.5, 0.6) is 0 Å². The van der Waals surface area contributed by atoms with Crippen molar-refractivity contribution in [3.63, 3.8) is 0 Å². The zero-order valence-electron chi connectivity index (χ0n) is 10.7. The number of nitriles is 1. The van der Waals surface area contributed by atoms with E-state index in [1.54, 1.807) is 36.2 Å². The van der Waals surface area contributed by atoms with Crippen LogP contribution in [0.25, 0.3) is 0 Å². The van der Waals surface area contributed by atoms with E-state index in [1.807, 2.05) is 6.07 Å². The summed E-state index contributed by atoms with van der Waals surface area (Å²) in [6.07, 6.45) is 0.226. The maximum absolute atomic E-state index is 11.7. The maximum Gasteiger partial charge on any atom is 0.231 e. The molecule has 6 heteroatoms. The average molecular weight is 260 g/mol. The predicted octanol–water partition coefficient (Wildman–Crippen LogP) is 0.304. The lowest BCUT2D eigenvalue weighted by atomic mass is 10.2. The highest BCUT2D eigenvalue weighted by Crippen LogP contribution is 2.13. The van der Waals surface area contributed by atoms with E-state index in [0.29, 0.717) is 17.8 Å². The van der Waals surface area contributed by atoms with Gasteiger partial charge in [0.05, 0.1) is 17.8 Å². The van der Waals surface area contributed by atoms with Crippen molar-refractivity contribution in [1.29, 1.82) is 5.26 Å². The lowest BCUT2D eigenvalue weighted by Crippen LogP contribution is -2.32. The van der Waals surface area contributed by atoms with E-state index in [4.69, 9.17) is 11.0 Å². The van der Waals surface area contributed by atoms with Crippen molar-refractivity contribution in [3.05, 3.63) is 29.8 Å². The number of primary amides is 1. The SMILES string of the molecule is CN(CCC(=O)Nc1ccccc1C#N)CC(N)=O. The first kappa shape index (κ1) is 14.7. The minimum Gasteiger partial charge on any atom is -0.369 e. The van der Waals surface area contributed by atoms with E-state index in [2.05, 4.69) is 5.32 Å². The van der Waals surface area contributed by atoms with Crippen LogP contribution >= 0.6 is 0 Å². The third kappa shape index (κ3) is 5.19. The molecule has 0 aromatic heterocycles. The highest BCUT2D eigenvalue weighted by Gasteiger charge is 2.08. The Bertz CT molecular complexity index is 508. The number of anilines is 1. The van der Waals surface area contributed by atoms with Crippen LogP contribution in [0, 0.1) is 11.3 Å². The number of para-hydroxylation sites is 1. The molecule has 19 heavy (non-hydrogen) atoms. The van der Waals surface area contributed by atoms with Crippen molar-refractivity contribution in [2.75, 3.05) is 25.5 Å². The Labute approximate surface area is 111 Å². The smallest absolute Gasteiger partial charge is 0.231 e. The van der Waals surface area contributed by atoms with E-state index < -0.39 is 5.91 Å². The molecule has 0 spiro atoms. The molecule has 100 valence electrons. The summed E-state index contributed by atoms with van der Waals surface area (Å²) < 4.78 is 0. The first-order valence-corrected chi connectivity index (χ1v) is 5.78. The van der Waals surface area contributed by atoms with Crippen LogP contribution < -0.4 is 11.1 Å². The summed E-state index contributed by atoms with van der Waals surface area (Å²) in [6, 6.07) is 8.79. The molecule has 1 aromatic carbocycles. The Hall–Kier alpha value is -2.39. The van der Waals surface area contributed by atoms with Gasteiger partial charge in [0.25, 0.3) is 0 Å². The largest absolute Gasteiger partial charge is 0.369 e. The van der Waals surface area contributed by atoms with Crippen LogP contribution in [0.4, 0.5) is 5.69 Å². The molecular weight excluding hydrogens is 244 g/mol. The standard InChI is InChI=1S/C13H16N4O2/c1-17(9-12(15)18)7-6-13(19)16-11-5-3-2-4-10(11)8-14/h2-5H,6-7,9H2,1H3,(H2,15,18)(H,16,19). The van der Waals surface area contributed by atoms with Crippen LogP contribution in [-0.4, -0.2) is 36.9 Å². The molecule has 0 aliphatic carbocycles. The molecule has 1 aromatic rings. The minimum absolute atomic E-state index is 0.113. The van der Waals surface area contributed by atoms with Gasteiger partial charge in [-0.05, 0) is 19.2 Å². The zero-order valence-corrected chi connectivity index (χ0v) is 10.7. The van der Waals surface area contributed by atoms with E-state index in [-0.39, 0.29) is 18.9 Å². The topological polar surface area (TPSA) is 99.2 Å². The second-order valence-electron chi connectivity index (χ2n) is 4.16. The van der Waals surface area contributed by atoms with Gasteiger partial charge in [-0.2, -0.15) is 5.26 Å². The third-order valence-corrected chi connectivity index (χ3v) is 2.47. The molecule has 0 heterocycles. The van der Waals surface area contributed by atoms with Crippen molar-refractivity contribution in [2.24, 2.45) is 5.73 Å². The number of carbonyl (C=O) groups is 2. The highest BCUT2D eigenvalue weighted by molar-refractivity contribution is 5.92. The predicted molar refractivity (Wildman–Crippen MR) is 71.1 cm³/mol. The molecule has 2 amide bonds. The lowest BCUT2D eigenvalue weighted by molar-refractivity contribution is -0.120. The van der Waals surface area contributed by atoms with Gasteiger partial charge >= 0.3 is 0 Å². The number of nitrogens with one attached hydrogen (secondary N) is 1. The fourth-order valence-corrected chi connectivity index (χ4v) is 1.54. The number of likely N-dealkylation sites (N-methyl/N-ethyl adjacent to an activating group) is 1. The number of hydrogen-bond donors (Lipinski definition) is 2. The molecule has 0 atom stereocenters. The van der Waals surface area contributed by atoms with Gasteiger partial charge in [-0.3, -0.25) is 14.5 Å². The number of nitrogens with two attached hydrogens (primary N) is 1. The Morgan fingerprint density at radius 3 is 2.74 bits per heavy atom. The second-order valence-corrected chi connectivity index (χ2v) is 4.16. The normalized spacial score (nSPS) is 9.95. The van der Waals surface area contributed by atoms with Crippen molar-refractivity contribution < 1.29 is 9.59 Å². The Balaban J connectivity index is 2.48. The van der Waals surface area contributed by atoms with E-state index >= 15 is 0 Å². The zero-order chi connectivity index (χ0) is 14.3.